The number of nitrogens with zero attached hydrogens (tertiary/aromatic N) is 1. The SMILES string of the molecule is NNc1cccc(COc2ccccc2)n1. The second-order valence-corrected chi connectivity index (χ2v) is 3.26. The van der Waals surface area contributed by atoms with Crippen LogP contribution in [-0.2, 0) is 6.61 Å². The first-order valence-electron chi connectivity index (χ1n) is 4.99. The highest BCUT2D eigenvalue weighted by Gasteiger charge is 1.97. The van der Waals surface area contributed by atoms with Gasteiger partial charge in [0.05, 0.1) is 5.69 Å². The van der Waals surface area contributed by atoms with E-state index in [0.717, 1.165) is 11.4 Å². The highest BCUT2D eigenvalue weighted by atomic mass is 16.5. The smallest absolute Gasteiger partial charge is 0.140 e. The van der Waals surface area contributed by atoms with Crippen LogP contribution < -0.4 is 16.0 Å². The van der Waals surface area contributed by atoms with Gasteiger partial charge in [0.25, 0.3) is 0 Å². The van der Waals surface area contributed by atoms with Gasteiger partial charge in [-0.3, -0.25) is 0 Å². The van der Waals surface area contributed by atoms with E-state index < -0.39 is 0 Å². The summed E-state index contributed by atoms with van der Waals surface area (Å²) in [6.45, 7) is 0.430. The molecular formula is C12H13N3O. The van der Waals surface area contributed by atoms with Crippen molar-refractivity contribution in [3.63, 3.8) is 0 Å². The Balaban J connectivity index is 1.99. The molecule has 0 spiro atoms. The van der Waals surface area contributed by atoms with Gasteiger partial charge in [-0.1, -0.05) is 24.3 Å². The molecule has 1 heterocycles. The summed E-state index contributed by atoms with van der Waals surface area (Å²) in [5, 5.41) is 0. The van der Waals surface area contributed by atoms with Crippen LogP contribution in [0.3, 0.4) is 0 Å². The van der Waals surface area contributed by atoms with Gasteiger partial charge in [0.15, 0.2) is 0 Å². The van der Waals surface area contributed by atoms with E-state index in [1.807, 2.05) is 42.5 Å². The quantitative estimate of drug-likeness (QED) is 0.604. The maximum absolute atomic E-state index is 5.56. The Morgan fingerprint density at radius 2 is 1.88 bits per heavy atom. The van der Waals surface area contributed by atoms with Gasteiger partial charge in [-0.15, -0.1) is 0 Å². The fraction of sp³-hybridized carbons (Fsp3) is 0.0833. The number of benzene rings is 1. The molecule has 0 radical (unpaired) electrons. The highest BCUT2D eigenvalue weighted by molar-refractivity contribution is 5.33. The lowest BCUT2D eigenvalue weighted by molar-refractivity contribution is 0.301. The van der Waals surface area contributed by atoms with E-state index >= 15 is 0 Å². The Hall–Kier alpha value is -2.07. The van der Waals surface area contributed by atoms with Crippen LogP contribution in [0.15, 0.2) is 48.5 Å². The topological polar surface area (TPSA) is 60.2 Å². The Kier molecular flexibility index (Phi) is 3.35. The highest BCUT2D eigenvalue weighted by Crippen LogP contribution is 2.11. The van der Waals surface area contributed by atoms with Crippen LogP contribution in [0.2, 0.25) is 0 Å². The Morgan fingerprint density at radius 1 is 1.06 bits per heavy atom. The zero-order chi connectivity index (χ0) is 11.2. The second kappa shape index (κ2) is 5.14. The number of para-hydroxylation sites is 1. The van der Waals surface area contributed by atoms with Gasteiger partial charge in [0.1, 0.15) is 18.2 Å². The number of nitrogens with one attached hydrogen (secondary N) is 1. The summed E-state index contributed by atoms with van der Waals surface area (Å²) in [5.41, 5.74) is 3.33. The molecule has 0 aliphatic heterocycles. The number of hydrazine groups is 1. The Morgan fingerprint density at radius 3 is 2.62 bits per heavy atom. The van der Waals surface area contributed by atoms with Gasteiger partial charge < -0.3 is 10.2 Å². The van der Waals surface area contributed by atoms with E-state index in [1.54, 1.807) is 6.07 Å². The molecular weight excluding hydrogens is 202 g/mol. The molecule has 0 atom stereocenters. The van der Waals surface area contributed by atoms with Crippen molar-refractivity contribution in [2.45, 2.75) is 6.61 Å². The van der Waals surface area contributed by atoms with Gasteiger partial charge in [-0.2, -0.15) is 0 Å². The maximum Gasteiger partial charge on any atom is 0.140 e. The lowest BCUT2D eigenvalue weighted by atomic mass is 10.3. The number of pyridine rings is 1. The Bertz CT molecular complexity index is 445. The summed E-state index contributed by atoms with van der Waals surface area (Å²) in [6.07, 6.45) is 0. The molecule has 0 unspecified atom stereocenters. The number of nitrogen functional groups attached to an aromatic ring is 1. The lowest BCUT2D eigenvalue weighted by Gasteiger charge is -2.06. The molecule has 16 heavy (non-hydrogen) atoms. The third kappa shape index (κ3) is 2.71. The zero-order valence-electron chi connectivity index (χ0n) is 8.76. The summed E-state index contributed by atoms with van der Waals surface area (Å²) in [6, 6.07) is 15.2. The first-order valence-corrected chi connectivity index (χ1v) is 4.99. The fourth-order valence-corrected chi connectivity index (χ4v) is 1.31. The number of anilines is 1. The number of rotatable bonds is 4. The molecule has 4 nitrogen and oxygen atoms in total. The van der Waals surface area contributed by atoms with Gasteiger partial charge in [-0.25, -0.2) is 10.8 Å². The average molecular weight is 215 g/mol. The zero-order valence-corrected chi connectivity index (χ0v) is 8.76. The van der Waals surface area contributed by atoms with Crippen LogP contribution in [0.5, 0.6) is 5.75 Å². The average Bonchev–Trinajstić information content (AvgIpc) is 2.38. The first kappa shape index (κ1) is 10.4. The van der Waals surface area contributed by atoms with Crippen LogP contribution in [0, 0.1) is 0 Å². The number of hydrogen-bond donors (Lipinski definition) is 2. The van der Waals surface area contributed by atoms with Crippen LogP contribution >= 0.6 is 0 Å². The third-order valence-electron chi connectivity index (χ3n) is 2.08. The molecule has 82 valence electrons. The van der Waals surface area contributed by atoms with Crippen molar-refractivity contribution in [1.29, 1.82) is 0 Å². The lowest BCUT2D eigenvalue weighted by Crippen LogP contribution is -2.09. The molecule has 0 bridgehead atoms. The van der Waals surface area contributed by atoms with E-state index in [0.29, 0.717) is 12.4 Å². The molecule has 0 saturated heterocycles. The minimum Gasteiger partial charge on any atom is -0.487 e. The van der Waals surface area contributed by atoms with Crippen LogP contribution in [0.25, 0.3) is 0 Å². The molecule has 3 N–H and O–H groups in total. The number of nitrogens with two attached hydrogens (primary N) is 1. The largest absolute Gasteiger partial charge is 0.487 e. The standard InChI is InChI=1S/C12H13N3O/c13-15-12-8-4-5-10(14-12)9-16-11-6-2-1-3-7-11/h1-8H,9,13H2,(H,14,15). The van der Waals surface area contributed by atoms with Crippen molar-refractivity contribution in [3.8, 4) is 5.75 Å². The van der Waals surface area contributed by atoms with Crippen LogP contribution in [-0.4, -0.2) is 4.98 Å². The molecule has 2 rings (SSSR count). The molecule has 4 heteroatoms. The molecule has 0 amide bonds. The predicted octanol–water partition coefficient (Wildman–Crippen LogP) is 1.95. The molecule has 1 aromatic heterocycles. The van der Waals surface area contributed by atoms with Crippen molar-refractivity contribution in [2.75, 3.05) is 5.43 Å². The van der Waals surface area contributed by atoms with Crippen molar-refractivity contribution < 1.29 is 4.74 Å². The van der Waals surface area contributed by atoms with Gasteiger partial charge in [0.2, 0.25) is 0 Å². The summed E-state index contributed by atoms with van der Waals surface area (Å²) < 4.78 is 5.56. The van der Waals surface area contributed by atoms with Crippen LogP contribution in [0.1, 0.15) is 5.69 Å². The van der Waals surface area contributed by atoms with Gasteiger partial charge >= 0.3 is 0 Å². The predicted molar refractivity (Wildman–Crippen MR) is 62.8 cm³/mol. The monoisotopic (exact) mass is 215 g/mol. The first-order chi connectivity index (χ1) is 7.88. The van der Waals surface area contributed by atoms with E-state index in [9.17, 15) is 0 Å². The molecule has 0 saturated carbocycles. The second-order valence-electron chi connectivity index (χ2n) is 3.26. The third-order valence-corrected chi connectivity index (χ3v) is 2.08. The minimum atomic E-state index is 0.430. The molecule has 0 aliphatic rings. The van der Waals surface area contributed by atoms with E-state index in [-0.39, 0.29) is 0 Å². The summed E-state index contributed by atoms with van der Waals surface area (Å²) >= 11 is 0. The van der Waals surface area contributed by atoms with Crippen LogP contribution in [0.4, 0.5) is 5.82 Å². The summed E-state index contributed by atoms with van der Waals surface area (Å²) in [4.78, 5) is 4.25. The number of aromatic nitrogens is 1. The molecule has 1 aromatic carbocycles. The van der Waals surface area contributed by atoms with E-state index in [4.69, 9.17) is 10.6 Å². The fourth-order valence-electron chi connectivity index (χ4n) is 1.31. The number of ether oxygens (including phenoxy) is 1. The summed E-state index contributed by atoms with van der Waals surface area (Å²) in [5.74, 6) is 6.74. The van der Waals surface area contributed by atoms with Crippen molar-refractivity contribution in [2.24, 2.45) is 5.84 Å². The van der Waals surface area contributed by atoms with E-state index in [2.05, 4.69) is 10.4 Å². The van der Waals surface area contributed by atoms with Gasteiger partial charge in [0, 0.05) is 0 Å². The van der Waals surface area contributed by atoms with E-state index in [1.165, 1.54) is 0 Å². The van der Waals surface area contributed by atoms with Gasteiger partial charge in [-0.05, 0) is 24.3 Å². The Labute approximate surface area is 94.0 Å². The number of hydrogen-bond acceptors (Lipinski definition) is 4. The van der Waals surface area contributed by atoms with Crippen molar-refractivity contribution in [3.05, 3.63) is 54.2 Å². The van der Waals surface area contributed by atoms with Crippen molar-refractivity contribution >= 4 is 5.82 Å². The maximum atomic E-state index is 5.56. The molecule has 0 fully saturated rings. The van der Waals surface area contributed by atoms with Crippen molar-refractivity contribution in [1.82, 2.24) is 4.98 Å². The molecule has 0 aliphatic carbocycles. The molecule has 2 aromatic rings. The summed E-state index contributed by atoms with van der Waals surface area (Å²) in [7, 11) is 0. The normalized spacial score (nSPS) is 9.81. The minimum absolute atomic E-state index is 0.430.